The highest BCUT2D eigenvalue weighted by molar-refractivity contribution is 7.99. The molecule has 0 atom stereocenters. The van der Waals surface area contributed by atoms with Crippen LogP contribution in [0, 0.1) is 0 Å². The number of hydrogen-bond donors (Lipinski definition) is 1. The first-order valence-electron chi connectivity index (χ1n) is 4.10. The predicted octanol–water partition coefficient (Wildman–Crippen LogP) is 1.38. The minimum Gasteiger partial charge on any atom is -0.459 e. The third-order valence-electron chi connectivity index (χ3n) is 1.48. The molecule has 0 spiro atoms. The molecule has 0 radical (unpaired) electrons. The first kappa shape index (κ1) is 9.29. The molecule has 2 heterocycles. The zero-order valence-electron chi connectivity index (χ0n) is 7.34. The number of nitrogens with zero attached hydrogens (tertiary/aromatic N) is 2. The van der Waals surface area contributed by atoms with E-state index in [1.165, 1.54) is 11.8 Å². The lowest BCUT2D eigenvalue weighted by Gasteiger charge is -1.89. The van der Waals surface area contributed by atoms with Gasteiger partial charge in [0.2, 0.25) is 0 Å². The first-order chi connectivity index (χ1) is 6.90. The van der Waals surface area contributed by atoms with Crippen molar-refractivity contribution < 1.29 is 8.83 Å². The molecule has 2 aromatic heterocycles. The Morgan fingerprint density at radius 2 is 2.36 bits per heavy atom. The van der Waals surface area contributed by atoms with Crippen LogP contribution in [0.4, 0.5) is 0 Å². The van der Waals surface area contributed by atoms with Crippen molar-refractivity contribution >= 4 is 11.8 Å². The molecule has 0 aromatic carbocycles. The van der Waals surface area contributed by atoms with Gasteiger partial charge in [-0.25, -0.2) is 0 Å². The van der Waals surface area contributed by atoms with Crippen molar-refractivity contribution in [1.29, 1.82) is 0 Å². The molecule has 0 saturated carbocycles. The molecule has 0 aliphatic carbocycles. The van der Waals surface area contributed by atoms with Crippen LogP contribution in [0.25, 0.3) is 11.7 Å². The third kappa shape index (κ3) is 1.97. The number of nitrogens with two attached hydrogens (primary N) is 1. The van der Waals surface area contributed by atoms with E-state index in [9.17, 15) is 0 Å². The Morgan fingerprint density at radius 3 is 3.07 bits per heavy atom. The number of furan rings is 1. The van der Waals surface area contributed by atoms with Crippen molar-refractivity contribution in [2.24, 2.45) is 5.73 Å². The second-order valence-corrected chi connectivity index (χ2v) is 3.53. The molecule has 74 valence electrons. The van der Waals surface area contributed by atoms with Gasteiger partial charge in [-0.1, -0.05) is 11.8 Å². The number of hydrogen-bond acceptors (Lipinski definition) is 6. The summed E-state index contributed by atoms with van der Waals surface area (Å²) in [5.74, 6) is 1.74. The number of rotatable bonds is 4. The first-order valence-corrected chi connectivity index (χ1v) is 5.09. The van der Waals surface area contributed by atoms with Crippen LogP contribution in [-0.4, -0.2) is 22.5 Å². The maximum Gasteiger partial charge on any atom is 0.284 e. The minimum atomic E-state index is 0.398. The molecule has 6 heteroatoms. The Labute approximate surface area is 84.7 Å². The van der Waals surface area contributed by atoms with Crippen molar-refractivity contribution in [1.82, 2.24) is 10.2 Å². The maximum atomic E-state index is 5.35. The molecule has 2 N–H and O–H groups in total. The van der Waals surface area contributed by atoms with Crippen LogP contribution >= 0.6 is 11.8 Å². The lowest BCUT2D eigenvalue weighted by molar-refractivity contribution is 0.447. The third-order valence-corrected chi connectivity index (χ3v) is 2.33. The molecular formula is C8H9N3O2S. The van der Waals surface area contributed by atoms with Gasteiger partial charge in [-0.05, 0) is 12.1 Å². The molecule has 5 nitrogen and oxygen atoms in total. The van der Waals surface area contributed by atoms with E-state index in [1.807, 2.05) is 0 Å². The van der Waals surface area contributed by atoms with Crippen LogP contribution in [0.5, 0.6) is 0 Å². The van der Waals surface area contributed by atoms with Crippen molar-refractivity contribution in [2.75, 3.05) is 12.3 Å². The zero-order chi connectivity index (χ0) is 9.80. The van der Waals surface area contributed by atoms with Gasteiger partial charge in [0.1, 0.15) is 0 Å². The fourth-order valence-corrected chi connectivity index (χ4v) is 1.44. The Hall–Kier alpha value is -1.27. The molecule has 14 heavy (non-hydrogen) atoms. The molecule has 2 aromatic rings. The van der Waals surface area contributed by atoms with Gasteiger partial charge >= 0.3 is 0 Å². The van der Waals surface area contributed by atoms with Crippen LogP contribution in [0.3, 0.4) is 0 Å². The van der Waals surface area contributed by atoms with Crippen molar-refractivity contribution in [3.05, 3.63) is 18.4 Å². The fraction of sp³-hybridized carbons (Fsp3) is 0.250. The summed E-state index contributed by atoms with van der Waals surface area (Å²) in [5.41, 5.74) is 5.35. The summed E-state index contributed by atoms with van der Waals surface area (Å²) in [6, 6.07) is 3.54. The molecule has 2 rings (SSSR count). The monoisotopic (exact) mass is 211 g/mol. The molecule has 0 aliphatic heterocycles. The van der Waals surface area contributed by atoms with Crippen LogP contribution in [0.15, 0.2) is 32.5 Å². The van der Waals surface area contributed by atoms with E-state index < -0.39 is 0 Å². The van der Waals surface area contributed by atoms with E-state index >= 15 is 0 Å². The Balaban J connectivity index is 2.10. The molecule has 0 bridgehead atoms. The fourth-order valence-electron chi connectivity index (χ4n) is 0.914. The van der Waals surface area contributed by atoms with E-state index in [0.717, 1.165) is 5.75 Å². The Morgan fingerprint density at radius 1 is 1.43 bits per heavy atom. The molecule has 0 saturated heterocycles. The van der Waals surface area contributed by atoms with Crippen LogP contribution in [0.2, 0.25) is 0 Å². The average Bonchev–Trinajstić information content (AvgIpc) is 2.85. The highest BCUT2D eigenvalue weighted by Crippen LogP contribution is 2.22. The average molecular weight is 211 g/mol. The summed E-state index contributed by atoms with van der Waals surface area (Å²) in [7, 11) is 0. The quantitative estimate of drug-likeness (QED) is 0.770. The molecule has 0 unspecified atom stereocenters. The summed E-state index contributed by atoms with van der Waals surface area (Å²) in [6.07, 6.45) is 1.56. The van der Waals surface area contributed by atoms with Gasteiger partial charge in [0, 0.05) is 12.3 Å². The topological polar surface area (TPSA) is 78.1 Å². The Bertz CT molecular complexity index is 385. The van der Waals surface area contributed by atoms with E-state index in [0.29, 0.717) is 23.4 Å². The maximum absolute atomic E-state index is 5.35. The van der Waals surface area contributed by atoms with E-state index in [-0.39, 0.29) is 0 Å². The minimum absolute atomic E-state index is 0.398. The number of aromatic nitrogens is 2. The SMILES string of the molecule is NCCSc1nnc(-c2ccco2)o1. The highest BCUT2D eigenvalue weighted by Gasteiger charge is 2.10. The van der Waals surface area contributed by atoms with Crippen LogP contribution < -0.4 is 5.73 Å². The van der Waals surface area contributed by atoms with Gasteiger partial charge in [0.05, 0.1) is 6.26 Å². The van der Waals surface area contributed by atoms with Crippen molar-refractivity contribution in [2.45, 2.75) is 5.22 Å². The molecule has 0 fully saturated rings. The summed E-state index contributed by atoms with van der Waals surface area (Å²) < 4.78 is 10.4. The lowest BCUT2D eigenvalue weighted by Crippen LogP contribution is -2.00. The van der Waals surface area contributed by atoms with E-state index in [4.69, 9.17) is 14.6 Å². The summed E-state index contributed by atoms with van der Waals surface area (Å²) in [6.45, 7) is 0.586. The molecular weight excluding hydrogens is 202 g/mol. The number of thioether (sulfide) groups is 1. The Kier molecular flexibility index (Phi) is 2.85. The zero-order valence-corrected chi connectivity index (χ0v) is 8.16. The van der Waals surface area contributed by atoms with Gasteiger partial charge in [0.15, 0.2) is 5.76 Å². The second kappa shape index (κ2) is 4.30. The van der Waals surface area contributed by atoms with Gasteiger partial charge in [-0.3, -0.25) is 0 Å². The van der Waals surface area contributed by atoms with Crippen LogP contribution in [0.1, 0.15) is 0 Å². The lowest BCUT2D eigenvalue weighted by atomic mass is 10.5. The summed E-state index contributed by atoms with van der Waals surface area (Å²) in [4.78, 5) is 0. The molecule has 0 amide bonds. The molecule has 0 aliphatic rings. The van der Waals surface area contributed by atoms with E-state index in [2.05, 4.69) is 10.2 Å². The van der Waals surface area contributed by atoms with Crippen LogP contribution in [-0.2, 0) is 0 Å². The highest BCUT2D eigenvalue weighted by atomic mass is 32.2. The normalized spacial score (nSPS) is 10.6. The summed E-state index contributed by atoms with van der Waals surface area (Å²) >= 11 is 1.43. The van der Waals surface area contributed by atoms with Crippen molar-refractivity contribution in [3.8, 4) is 11.7 Å². The van der Waals surface area contributed by atoms with Gasteiger partial charge in [-0.2, -0.15) is 0 Å². The predicted molar refractivity (Wildman–Crippen MR) is 51.8 cm³/mol. The van der Waals surface area contributed by atoms with Gasteiger partial charge in [0.25, 0.3) is 11.1 Å². The second-order valence-electron chi connectivity index (χ2n) is 2.49. The van der Waals surface area contributed by atoms with Crippen molar-refractivity contribution in [3.63, 3.8) is 0 Å². The smallest absolute Gasteiger partial charge is 0.284 e. The van der Waals surface area contributed by atoms with Gasteiger partial charge < -0.3 is 14.6 Å². The standard InChI is InChI=1S/C8H9N3O2S/c9-3-5-14-8-11-10-7(13-8)6-2-1-4-12-6/h1-2,4H,3,5,9H2. The van der Waals surface area contributed by atoms with E-state index in [1.54, 1.807) is 18.4 Å². The van der Waals surface area contributed by atoms with Gasteiger partial charge in [-0.15, -0.1) is 10.2 Å². The largest absolute Gasteiger partial charge is 0.459 e. The summed E-state index contributed by atoms with van der Waals surface area (Å²) in [5, 5.41) is 8.20.